The van der Waals surface area contributed by atoms with Gasteiger partial charge in [-0.1, -0.05) is 30.0 Å². The number of para-hydroxylation sites is 1. The number of thioether (sulfide) groups is 1. The summed E-state index contributed by atoms with van der Waals surface area (Å²) in [6, 6.07) is 8.34. The van der Waals surface area contributed by atoms with E-state index in [0.29, 0.717) is 6.54 Å². The number of nitrogens with one attached hydrogen (secondary N) is 2. The lowest BCUT2D eigenvalue weighted by molar-refractivity contribution is -0.123. The molecule has 2 N–H and O–H groups in total. The number of fused-ring (bicyclic) bond motifs is 4. The van der Waals surface area contributed by atoms with Gasteiger partial charge in [0, 0.05) is 35.1 Å². The van der Waals surface area contributed by atoms with E-state index in [1.54, 1.807) is 11.8 Å². The van der Waals surface area contributed by atoms with Gasteiger partial charge in [-0.25, -0.2) is 4.98 Å². The van der Waals surface area contributed by atoms with Gasteiger partial charge in [0.15, 0.2) is 5.16 Å². The van der Waals surface area contributed by atoms with Crippen molar-refractivity contribution < 1.29 is 4.79 Å². The molecule has 2 aromatic heterocycles. The van der Waals surface area contributed by atoms with E-state index in [1.165, 1.54) is 10.9 Å². The highest BCUT2D eigenvalue weighted by atomic mass is 32.2. The van der Waals surface area contributed by atoms with Crippen molar-refractivity contribution in [2.24, 2.45) is 0 Å². The number of carbonyl (C=O) groups excluding carboxylic acids is 1. The molecule has 1 atom stereocenters. The minimum atomic E-state index is -0.0833. The van der Waals surface area contributed by atoms with Gasteiger partial charge in [0.05, 0.1) is 18.2 Å². The maximum atomic E-state index is 12.8. The van der Waals surface area contributed by atoms with Crippen molar-refractivity contribution in [2.75, 3.05) is 5.75 Å². The zero-order valence-corrected chi connectivity index (χ0v) is 14.7. The maximum absolute atomic E-state index is 12.8. The first-order chi connectivity index (χ1) is 12.3. The fourth-order valence-corrected chi connectivity index (χ4v) is 4.99. The molecule has 25 heavy (non-hydrogen) atoms. The Labute approximate surface area is 150 Å². The Morgan fingerprint density at radius 2 is 2.32 bits per heavy atom. The normalized spacial score (nSPS) is 19.0. The minimum absolute atomic E-state index is 0.0833. The van der Waals surface area contributed by atoms with Crippen molar-refractivity contribution in [1.29, 1.82) is 0 Å². The second-order valence-electron chi connectivity index (χ2n) is 6.78. The van der Waals surface area contributed by atoms with E-state index in [1.807, 2.05) is 6.07 Å². The van der Waals surface area contributed by atoms with Crippen molar-refractivity contribution >= 4 is 28.6 Å². The number of nitrogens with zero attached hydrogens (tertiary/aromatic N) is 2. The third-order valence-corrected chi connectivity index (χ3v) is 6.20. The van der Waals surface area contributed by atoms with Crippen LogP contribution in [-0.2, 0) is 24.3 Å². The van der Waals surface area contributed by atoms with E-state index >= 15 is 0 Å². The van der Waals surface area contributed by atoms with E-state index in [0.717, 1.165) is 53.6 Å². The van der Waals surface area contributed by atoms with Gasteiger partial charge in [-0.15, -0.1) is 0 Å². The van der Waals surface area contributed by atoms with Crippen LogP contribution in [0.4, 0.5) is 0 Å². The minimum Gasteiger partial charge on any atom is -0.357 e. The highest BCUT2D eigenvalue weighted by molar-refractivity contribution is 7.99. The lowest BCUT2D eigenvalue weighted by atomic mass is 9.86. The Kier molecular flexibility index (Phi) is 3.59. The van der Waals surface area contributed by atoms with Gasteiger partial charge >= 0.3 is 0 Å². The Morgan fingerprint density at radius 3 is 3.24 bits per heavy atom. The fraction of sp³-hybridized carbons (Fsp3) is 0.368. The van der Waals surface area contributed by atoms with Gasteiger partial charge in [0.25, 0.3) is 0 Å². The van der Waals surface area contributed by atoms with Crippen molar-refractivity contribution in [1.82, 2.24) is 19.9 Å². The average molecular weight is 352 g/mol. The molecule has 1 unspecified atom stereocenters. The first kappa shape index (κ1) is 15.1. The average Bonchev–Trinajstić information content (AvgIpc) is 3.31. The predicted octanol–water partition coefficient (Wildman–Crippen LogP) is 3.21. The summed E-state index contributed by atoms with van der Waals surface area (Å²) < 4.78 is 2.17. The SMILES string of the molecule is O=C(NCc1cn2c(n1)SCC2)C1CCCc2c1[nH]c1ccccc21. The highest BCUT2D eigenvalue weighted by Gasteiger charge is 2.29. The number of aryl methyl sites for hydroxylation is 2. The zero-order valence-electron chi connectivity index (χ0n) is 13.9. The number of rotatable bonds is 3. The molecule has 0 spiro atoms. The Bertz CT molecular complexity index is 936. The Hall–Kier alpha value is -2.21. The molecule has 5 nitrogen and oxygen atoms in total. The number of benzene rings is 1. The van der Waals surface area contributed by atoms with E-state index in [9.17, 15) is 4.79 Å². The molecule has 5 rings (SSSR count). The first-order valence-electron chi connectivity index (χ1n) is 8.85. The summed E-state index contributed by atoms with van der Waals surface area (Å²) in [6.07, 6.45) is 5.07. The van der Waals surface area contributed by atoms with Crippen molar-refractivity contribution in [3.8, 4) is 0 Å². The van der Waals surface area contributed by atoms with Crippen LogP contribution >= 0.6 is 11.8 Å². The molecule has 3 heterocycles. The number of aromatic amines is 1. The highest BCUT2D eigenvalue weighted by Crippen LogP contribution is 2.36. The molecule has 6 heteroatoms. The zero-order chi connectivity index (χ0) is 16.8. The standard InChI is InChI=1S/C19H20N4OS/c24-18(20-10-12-11-23-8-9-25-19(23)21-12)15-6-3-5-14-13-4-1-2-7-16(13)22-17(14)15/h1-2,4,7,11,15,22H,3,5-6,8-10H2,(H,20,24). The summed E-state index contributed by atoms with van der Waals surface area (Å²) in [4.78, 5) is 20.9. The molecule has 0 bridgehead atoms. The molecule has 0 saturated heterocycles. The Balaban J connectivity index is 1.36. The number of amides is 1. The van der Waals surface area contributed by atoms with Crippen LogP contribution in [0.25, 0.3) is 10.9 Å². The van der Waals surface area contributed by atoms with E-state index < -0.39 is 0 Å². The number of aromatic nitrogens is 3. The number of hydrogen-bond acceptors (Lipinski definition) is 3. The van der Waals surface area contributed by atoms with Gasteiger partial charge in [0.1, 0.15) is 0 Å². The first-order valence-corrected chi connectivity index (χ1v) is 9.84. The lowest BCUT2D eigenvalue weighted by Gasteiger charge is -2.21. The van der Waals surface area contributed by atoms with Crippen LogP contribution in [0.15, 0.2) is 35.6 Å². The summed E-state index contributed by atoms with van der Waals surface area (Å²) >= 11 is 1.78. The van der Waals surface area contributed by atoms with E-state index in [4.69, 9.17) is 0 Å². The van der Waals surface area contributed by atoms with E-state index in [-0.39, 0.29) is 11.8 Å². The van der Waals surface area contributed by atoms with Crippen LogP contribution in [0.5, 0.6) is 0 Å². The molecule has 1 aromatic carbocycles. The quantitative estimate of drug-likeness (QED) is 0.761. The fourth-order valence-electron chi connectivity index (χ4n) is 4.02. The van der Waals surface area contributed by atoms with Gasteiger partial charge in [-0.3, -0.25) is 4.79 Å². The van der Waals surface area contributed by atoms with Crippen LogP contribution in [0.3, 0.4) is 0 Å². The summed E-state index contributed by atoms with van der Waals surface area (Å²) in [5, 5.41) is 5.43. The molecule has 2 aliphatic rings. The van der Waals surface area contributed by atoms with Crippen LogP contribution < -0.4 is 5.32 Å². The van der Waals surface area contributed by atoms with Crippen LogP contribution in [-0.4, -0.2) is 26.2 Å². The molecule has 1 aliphatic carbocycles. The molecular weight excluding hydrogens is 332 g/mol. The predicted molar refractivity (Wildman–Crippen MR) is 98.8 cm³/mol. The number of carbonyl (C=O) groups is 1. The summed E-state index contributed by atoms with van der Waals surface area (Å²) in [6.45, 7) is 1.52. The van der Waals surface area contributed by atoms with Crippen molar-refractivity contribution in [3.63, 3.8) is 0 Å². The van der Waals surface area contributed by atoms with Crippen LogP contribution in [0, 0.1) is 0 Å². The maximum Gasteiger partial charge on any atom is 0.229 e. The molecule has 0 fully saturated rings. The number of hydrogen-bond donors (Lipinski definition) is 2. The Morgan fingerprint density at radius 1 is 1.40 bits per heavy atom. The molecule has 1 aliphatic heterocycles. The van der Waals surface area contributed by atoms with Gasteiger partial charge < -0.3 is 14.9 Å². The lowest BCUT2D eigenvalue weighted by Crippen LogP contribution is -2.31. The molecule has 3 aromatic rings. The van der Waals surface area contributed by atoms with Gasteiger partial charge in [-0.2, -0.15) is 0 Å². The summed E-state index contributed by atoms with van der Waals surface area (Å²) in [5.74, 6) is 1.12. The summed E-state index contributed by atoms with van der Waals surface area (Å²) in [7, 11) is 0. The van der Waals surface area contributed by atoms with Gasteiger partial charge in [-0.05, 0) is 30.9 Å². The summed E-state index contributed by atoms with van der Waals surface area (Å²) in [5.41, 5.74) is 4.50. The molecule has 128 valence electrons. The van der Waals surface area contributed by atoms with Gasteiger partial charge in [0.2, 0.25) is 5.91 Å². The largest absolute Gasteiger partial charge is 0.357 e. The third kappa shape index (κ3) is 2.56. The monoisotopic (exact) mass is 352 g/mol. The molecule has 0 saturated carbocycles. The second kappa shape index (κ2) is 5.95. The van der Waals surface area contributed by atoms with Crippen molar-refractivity contribution in [3.05, 3.63) is 47.4 Å². The molecule has 0 radical (unpaired) electrons. The van der Waals surface area contributed by atoms with Crippen LogP contribution in [0.1, 0.15) is 35.7 Å². The van der Waals surface area contributed by atoms with E-state index in [2.05, 4.69) is 44.2 Å². The number of H-pyrrole nitrogens is 1. The van der Waals surface area contributed by atoms with Crippen molar-refractivity contribution in [2.45, 2.75) is 43.4 Å². The molecule has 1 amide bonds. The smallest absolute Gasteiger partial charge is 0.229 e. The van der Waals surface area contributed by atoms with Crippen LogP contribution in [0.2, 0.25) is 0 Å². The third-order valence-electron chi connectivity index (χ3n) is 5.23. The topological polar surface area (TPSA) is 62.7 Å². The molecular formula is C19H20N4OS. The second-order valence-corrected chi connectivity index (χ2v) is 7.84. The number of imidazole rings is 1.